The van der Waals surface area contributed by atoms with E-state index in [9.17, 15) is 4.79 Å². The minimum Gasteiger partial charge on any atom is -0.373 e. The molecule has 1 aromatic heterocycles. The Kier molecular flexibility index (Phi) is 5.70. The van der Waals surface area contributed by atoms with Crippen molar-refractivity contribution in [3.63, 3.8) is 0 Å². The molecule has 1 fully saturated rings. The Labute approximate surface area is 145 Å². The summed E-state index contributed by atoms with van der Waals surface area (Å²) in [5.41, 5.74) is 1.19. The standard InChI is InChI=1S/C18H20ClNO2S/c19-16-9-8-15(23-16)11-17(21)20-12-14-7-4-10-22-18(14)13-5-2-1-3-6-13/h1-3,5-6,8-9,14,18H,4,7,10-12H2,(H,20,21)/t14-,18+/m1/s1. The van der Waals surface area contributed by atoms with Crippen molar-refractivity contribution in [3.8, 4) is 0 Å². The normalized spacial score (nSPS) is 21.1. The third kappa shape index (κ3) is 4.56. The highest BCUT2D eigenvalue weighted by molar-refractivity contribution is 7.16. The fourth-order valence-electron chi connectivity index (χ4n) is 2.98. The largest absolute Gasteiger partial charge is 0.373 e. The minimum atomic E-state index is 0.0425. The van der Waals surface area contributed by atoms with Gasteiger partial charge in [-0.1, -0.05) is 41.9 Å². The van der Waals surface area contributed by atoms with Crippen LogP contribution >= 0.6 is 22.9 Å². The van der Waals surface area contributed by atoms with Crippen molar-refractivity contribution >= 4 is 28.8 Å². The molecular formula is C18H20ClNO2S. The number of benzene rings is 1. The van der Waals surface area contributed by atoms with Crippen molar-refractivity contribution in [1.29, 1.82) is 0 Å². The summed E-state index contributed by atoms with van der Waals surface area (Å²) in [6, 6.07) is 14.0. The van der Waals surface area contributed by atoms with Crippen molar-refractivity contribution in [1.82, 2.24) is 5.32 Å². The molecule has 1 N–H and O–H groups in total. The Morgan fingerprint density at radius 1 is 1.26 bits per heavy atom. The van der Waals surface area contributed by atoms with Gasteiger partial charge in [0.1, 0.15) is 0 Å². The maximum absolute atomic E-state index is 12.1. The molecule has 3 rings (SSSR count). The van der Waals surface area contributed by atoms with Gasteiger partial charge >= 0.3 is 0 Å². The fraction of sp³-hybridized carbons (Fsp3) is 0.389. The maximum Gasteiger partial charge on any atom is 0.225 e. The van der Waals surface area contributed by atoms with Crippen LogP contribution in [0.3, 0.4) is 0 Å². The number of rotatable bonds is 5. The molecule has 1 saturated heterocycles. The molecule has 2 aromatic rings. The van der Waals surface area contributed by atoms with Crippen LogP contribution in [-0.2, 0) is 16.0 Å². The summed E-state index contributed by atoms with van der Waals surface area (Å²) in [4.78, 5) is 13.1. The van der Waals surface area contributed by atoms with Gasteiger partial charge in [-0.25, -0.2) is 0 Å². The average molecular weight is 350 g/mol. The number of thiophene rings is 1. The molecule has 2 atom stereocenters. The first-order valence-electron chi connectivity index (χ1n) is 7.90. The zero-order chi connectivity index (χ0) is 16.1. The van der Waals surface area contributed by atoms with E-state index >= 15 is 0 Å². The van der Waals surface area contributed by atoms with Crippen LogP contribution < -0.4 is 5.32 Å². The summed E-state index contributed by atoms with van der Waals surface area (Å²) in [5.74, 6) is 0.364. The number of ether oxygens (including phenoxy) is 1. The van der Waals surface area contributed by atoms with E-state index < -0.39 is 0 Å². The van der Waals surface area contributed by atoms with Crippen LogP contribution in [0, 0.1) is 5.92 Å². The molecule has 2 heterocycles. The minimum absolute atomic E-state index is 0.0425. The molecule has 122 valence electrons. The summed E-state index contributed by atoms with van der Waals surface area (Å²) < 4.78 is 6.68. The summed E-state index contributed by atoms with van der Waals surface area (Å²) >= 11 is 7.35. The molecule has 0 spiro atoms. The first-order chi connectivity index (χ1) is 11.2. The lowest BCUT2D eigenvalue weighted by molar-refractivity contribution is -0.121. The molecule has 3 nitrogen and oxygen atoms in total. The van der Waals surface area contributed by atoms with E-state index in [1.807, 2.05) is 30.3 Å². The molecule has 1 aromatic carbocycles. The molecule has 23 heavy (non-hydrogen) atoms. The van der Waals surface area contributed by atoms with Gasteiger partial charge in [0.15, 0.2) is 0 Å². The predicted octanol–water partition coefficient (Wildman–Crippen LogP) is 4.23. The Bertz CT molecular complexity index is 643. The molecule has 0 saturated carbocycles. The van der Waals surface area contributed by atoms with E-state index in [2.05, 4.69) is 17.4 Å². The van der Waals surface area contributed by atoms with Crippen LogP contribution in [0.5, 0.6) is 0 Å². The van der Waals surface area contributed by atoms with Crippen LogP contribution in [0.2, 0.25) is 4.34 Å². The molecule has 1 aliphatic heterocycles. The van der Waals surface area contributed by atoms with Crippen LogP contribution in [0.1, 0.15) is 29.4 Å². The Hall–Kier alpha value is -1.36. The lowest BCUT2D eigenvalue weighted by Gasteiger charge is -2.32. The summed E-state index contributed by atoms with van der Waals surface area (Å²) in [6.45, 7) is 1.44. The highest BCUT2D eigenvalue weighted by Crippen LogP contribution is 2.33. The van der Waals surface area contributed by atoms with Gasteiger partial charge < -0.3 is 10.1 Å². The van der Waals surface area contributed by atoms with Gasteiger partial charge in [-0.15, -0.1) is 11.3 Å². The number of nitrogens with one attached hydrogen (secondary N) is 1. The number of amides is 1. The monoisotopic (exact) mass is 349 g/mol. The second-order valence-electron chi connectivity index (χ2n) is 5.79. The zero-order valence-corrected chi connectivity index (χ0v) is 14.4. The third-order valence-electron chi connectivity index (χ3n) is 4.10. The molecule has 0 unspecified atom stereocenters. The van der Waals surface area contributed by atoms with Gasteiger partial charge in [-0.3, -0.25) is 4.79 Å². The van der Waals surface area contributed by atoms with Gasteiger partial charge in [-0.05, 0) is 30.5 Å². The second kappa shape index (κ2) is 7.95. The third-order valence-corrected chi connectivity index (χ3v) is 5.33. The van der Waals surface area contributed by atoms with Crippen molar-refractivity contribution in [2.24, 2.45) is 5.92 Å². The smallest absolute Gasteiger partial charge is 0.225 e. The zero-order valence-electron chi connectivity index (χ0n) is 12.8. The second-order valence-corrected chi connectivity index (χ2v) is 7.59. The number of hydrogen-bond acceptors (Lipinski definition) is 3. The number of halogens is 1. The van der Waals surface area contributed by atoms with Crippen LogP contribution in [0.25, 0.3) is 0 Å². The van der Waals surface area contributed by atoms with Crippen LogP contribution in [0.4, 0.5) is 0 Å². The van der Waals surface area contributed by atoms with Crippen molar-refractivity contribution in [2.45, 2.75) is 25.4 Å². The van der Waals surface area contributed by atoms with Crippen molar-refractivity contribution in [2.75, 3.05) is 13.2 Å². The van der Waals surface area contributed by atoms with E-state index in [0.29, 0.717) is 18.9 Å². The maximum atomic E-state index is 12.1. The molecule has 5 heteroatoms. The Morgan fingerprint density at radius 2 is 2.09 bits per heavy atom. The molecule has 0 aliphatic carbocycles. The quantitative estimate of drug-likeness (QED) is 0.877. The van der Waals surface area contributed by atoms with Crippen LogP contribution in [-0.4, -0.2) is 19.1 Å². The SMILES string of the molecule is O=C(Cc1ccc(Cl)s1)NC[C@H]1CCCO[C@H]1c1ccccc1. The van der Waals surface area contributed by atoms with E-state index in [-0.39, 0.29) is 12.0 Å². The van der Waals surface area contributed by atoms with E-state index in [4.69, 9.17) is 16.3 Å². The van der Waals surface area contributed by atoms with Gasteiger partial charge in [0, 0.05) is 23.9 Å². The highest BCUT2D eigenvalue weighted by Gasteiger charge is 2.27. The fourth-order valence-corrected chi connectivity index (χ4v) is 4.06. The average Bonchev–Trinajstić information content (AvgIpc) is 2.99. The number of carbonyl (C=O) groups is 1. The summed E-state index contributed by atoms with van der Waals surface area (Å²) in [5, 5.41) is 3.05. The van der Waals surface area contributed by atoms with Gasteiger partial charge in [-0.2, -0.15) is 0 Å². The topological polar surface area (TPSA) is 38.3 Å². The van der Waals surface area contributed by atoms with Gasteiger partial charge in [0.25, 0.3) is 0 Å². The first-order valence-corrected chi connectivity index (χ1v) is 9.09. The molecular weight excluding hydrogens is 330 g/mol. The molecule has 1 aliphatic rings. The lowest BCUT2D eigenvalue weighted by Crippen LogP contribution is -2.35. The van der Waals surface area contributed by atoms with E-state index in [0.717, 1.165) is 28.7 Å². The molecule has 1 amide bonds. The van der Waals surface area contributed by atoms with E-state index in [1.165, 1.54) is 16.9 Å². The number of carbonyl (C=O) groups excluding carboxylic acids is 1. The van der Waals surface area contributed by atoms with Crippen LogP contribution in [0.15, 0.2) is 42.5 Å². The summed E-state index contributed by atoms with van der Waals surface area (Å²) in [6.07, 6.45) is 2.58. The van der Waals surface area contributed by atoms with Gasteiger partial charge in [0.2, 0.25) is 5.91 Å². The molecule has 0 radical (unpaired) electrons. The van der Waals surface area contributed by atoms with Crippen molar-refractivity contribution in [3.05, 3.63) is 57.2 Å². The molecule has 0 bridgehead atoms. The first kappa shape index (κ1) is 16.5. The highest BCUT2D eigenvalue weighted by atomic mass is 35.5. The van der Waals surface area contributed by atoms with Gasteiger partial charge in [0.05, 0.1) is 16.9 Å². The lowest BCUT2D eigenvalue weighted by atomic mass is 9.89. The summed E-state index contributed by atoms with van der Waals surface area (Å²) in [7, 11) is 0. The Morgan fingerprint density at radius 3 is 2.83 bits per heavy atom. The van der Waals surface area contributed by atoms with E-state index in [1.54, 1.807) is 0 Å². The Balaban J connectivity index is 1.56. The number of hydrogen-bond donors (Lipinski definition) is 1. The van der Waals surface area contributed by atoms with Crippen molar-refractivity contribution < 1.29 is 9.53 Å². The predicted molar refractivity (Wildman–Crippen MR) is 93.9 cm³/mol.